The highest BCUT2D eigenvalue weighted by Crippen LogP contribution is 2.21. The van der Waals surface area contributed by atoms with Gasteiger partial charge in [-0.1, -0.05) is 22.9 Å². The van der Waals surface area contributed by atoms with E-state index in [1.165, 1.54) is 0 Å². The Morgan fingerprint density at radius 2 is 2.06 bits per heavy atom. The highest BCUT2D eigenvalue weighted by Gasteiger charge is 2.12. The van der Waals surface area contributed by atoms with E-state index < -0.39 is 21.5 Å². The van der Waals surface area contributed by atoms with Crippen molar-refractivity contribution in [2.75, 3.05) is 17.3 Å². The van der Waals surface area contributed by atoms with Crippen LogP contribution in [-0.2, 0) is 21.1 Å². The fourth-order valence-electron chi connectivity index (χ4n) is 1.40. The van der Waals surface area contributed by atoms with Crippen molar-refractivity contribution >= 4 is 37.4 Å². The van der Waals surface area contributed by atoms with Crippen molar-refractivity contribution in [1.29, 1.82) is 0 Å². The van der Waals surface area contributed by atoms with Crippen LogP contribution in [-0.4, -0.2) is 26.3 Å². The van der Waals surface area contributed by atoms with Gasteiger partial charge in [-0.25, -0.2) is 8.42 Å². The maximum atomic E-state index is 11.5. The van der Waals surface area contributed by atoms with E-state index in [2.05, 4.69) is 21.2 Å². The number of halogens is 1. The minimum atomic E-state index is -3.29. The molecule has 1 aromatic rings. The van der Waals surface area contributed by atoms with E-state index >= 15 is 0 Å². The second-order valence-electron chi connectivity index (χ2n) is 3.77. The number of nitrogens with one attached hydrogen (secondary N) is 1. The molecule has 0 spiro atoms. The molecule has 0 radical (unpaired) electrons. The summed E-state index contributed by atoms with van der Waals surface area (Å²) in [6.07, 6.45) is 1.79. The number of anilines is 1. The molecular weight excluding hydrogens is 306 g/mol. The first-order chi connectivity index (χ1) is 7.81. The van der Waals surface area contributed by atoms with Crippen molar-refractivity contribution in [3.8, 4) is 0 Å². The summed E-state index contributed by atoms with van der Waals surface area (Å²) in [5, 5.41) is 2.61. The van der Waals surface area contributed by atoms with Crippen LogP contribution in [0.4, 0.5) is 5.69 Å². The molecule has 17 heavy (non-hydrogen) atoms. The molecule has 0 heterocycles. The molecule has 0 fully saturated rings. The van der Waals surface area contributed by atoms with Gasteiger partial charge in [-0.15, -0.1) is 0 Å². The summed E-state index contributed by atoms with van der Waals surface area (Å²) in [5.41, 5.74) is 1.62. The fourth-order valence-corrected chi connectivity index (χ4v) is 2.36. The van der Waals surface area contributed by atoms with Gasteiger partial charge in [0.25, 0.3) is 0 Å². The first-order valence-electron chi connectivity index (χ1n) is 5.08. The third-order valence-corrected chi connectivity index (χ3v) is 3.40. The van der Waals surface area contributed by atoms with Crippen molar-refractivity contribution in [2.24, 2.45) is 0 Å². The Balaban J connectivity index is 2.85. The van der Waals surface area contributed by atoms with Crippen LogP contribution < -0.4 is 5.32 Å². The Morgan fingerprint density at radius 1 is 1.41 bits per heavy atom. The quantitative estimate of drug-likeness (QED) is 0.923. The van der Waals surface area contributed by atoms with Crippen LogP contribution in [0.25, 0.3) is 0 Å². The average molecular weight is 320 g/mol. The van der Waals surface area contributed by atoms with Crippen LogP contribution in [0.5, 0.6) is 0 Å². The van der Waals surface area contributed by atoms with Crippen LogP contribution in [0.3, 0.4) is 0 Å². The normalized spacial score (nSPS) is 11.2. The van der Waals surface area contributed by atoms with Gasteiger partial charge < -0.3 is 5.32 Å². The SMILES string of the molecule is CCc1cc(Br)ccc1NC(=O)CS(C)(=O)=O. The van der Waals surface area contributed by atoms with E-state index in [-0.39, 0.29) is 0 Å². The number of sulfone groups is 1. The summed E-state index contributed by atoms with van der Waals surface area (Å²) in [7, 11) is -3.29. The second-order valence-corrected chi connectivity index (χ2v) is 6.83. The van der Waals surface area contributed by atoms with Crippen LogP contribution >= 0.6 is 15.9 Å². The first-order valence-corrected chi connectivity index (χ1v) is 7.93. The van der Waals surface area contributed by atoms with Crippen LogP contribution in [0.1, 0.15) is 12.5 Å². The smallest absolute Gasteiger partial charge is 0.239 e. The molecular formula is C11H14BrNO3S. The summed E-state index contributed by atoms with van der Waals surface area (Å²) in [4.78, 5) is 11.5. The highest BCUT2D eigenvalue weighted by molar-refractivity contribution is 9.10. The molecule has 0 unspecified atom stereocenters. The summed E-state index contributed by atoms with van der Waals surface area (Å²) < 4.78 is 22.9. The number of hydrogen-bond acceptors (Lipinski definition) is 3. The van der Waals surface area contributed by atoms with E-state index in [1.807, 2.05) is 13.0 Å². The van der Waals surface area contributed by atoms with Gasteiger partial charge in [-0.05, 0) is 30.2 Å². The molecule has 0 aliphatic heterocycles. The molecule has 0 bridgehead atoms. The van der Waals surface area contributed by atoms with Crippen molar-refractivity contribution in [2.45, 2.75) is 13.3 Å². The molecule has 0 atom stereocenters. The zero-order valence-corrected chi connectivity index (χ0v) is 12.1. The van der Waals surface area contributed by atoms with Crippen molar-refractivity contribution in [3.63, 3.8) is 0 Å². The van der Waals surface area contributed by atoms with Gasteiger partial charge in [0, 0.05) is 16.4 Å². The second kappa shape index (κ2) is 5.64. The molecule has 0 saturated carbocycles. The monoisotopic (exact) mass is 319 g/mol. The van der Waals surface area contributed by atoms with Gasteiger partial charge >= 0.3 is 0 Å². The molecule has 0 aliphatic carbocycles. The number of amides is 1. The van der Waals surface area contributed by atoms with Crippen LogP contribution in [0, 0.1) is 0 Å². The number of carbonyl (C=O) groups is 1. The van der Waals surface area contributed by atoms with E-state index in [0.717, 1.165) is 22.7 Å². The van der Waals surface area contributed by atoms with Crippen LogP contribution in [0.2, 0.25) is 0 Å². The third kappa shape index (κ3) is 4.87. The minimum Gasteiger partial charge on any atom is -0.325 e. The Kier molecular flexibility index (Phi) is 4.70. The molecule has 6 heteroatoms. The summed E-state index contributed by atoms with van der Waals surface area (Å²) in [6, 6.07) is 5.45. The lowest BCUT2D eigenvalue weighted by Gasteiger charge is -2.09. The van der Waals surface area contributed by atoms with Gasteiger partial charge in [-0.3, -0.25) is 4.79 Å². The Bertz CT molecular complexity index is 526. The topological polar surface area (TPSA) is 63.2 Å². The van der Waals surface area contributed by atoms with Crippen molar-refractivity contribution in [1.82, 2.24) is 0 Å². The predicted molar refractivity (Wildman–Crippen MR) is 71.9 cm³/mol. The summed E-state index contributed by atoms with van der Waals surface area (Å²) >= 11 is 3.34. The van der Waals surface area contributed by atoms with E-state index in [1.54, 1.807) is 12.1 Å². The number of benzene rings is 1. The fraction of sp³-hybridized carbons (Fsp3) is 0.364. The van der Waals surface area contributed by atoms with E-state index in [0.29, 0.717) is 5.69 Å². The third-order valence-electron chi connectivity index (χ3n) is 2.12. The largest absolute Gasteiger partial charge is 0.325 e. The minimum absolute atomic E-state index is 0.494. The van der Waals surface area contributed by atoms with Gasteiger partial charge in [0.1, 0.15) is 5.75 Å². The van der Waals surface area contributed by atoms with Crippen molar-refractivity contribution in [3.05, 3.63) is 28.2 Å². The Hall–Kier alpha value is -0.880. The molecule has 1 aromatic carbocycles. The average Bonchev–Trinajstić information content (AvgIpc) is 2.17. The van der Waals surface area contributed by atoms with Gasteiger partial charge in [-0.2, -0.15) is 0 Å². The molecule has 94 valence electrons. The number of hydrogen-bond donors (Lipinski definition) is 1. The Labute approximate surface area is 109 Å². The van der Waals surface area contributed by atoms with Gasteiger partial charge in [0.05, 0.1) is 0 Å². The zero-order valence-electron chi connectivity index (χ0n) is 9.66. The van der Waals surface area contributed by atoms with Gasteiger partial charge in [0.15, 0.2) is 9.84 Å². The molecule has 0 aliphatic rings. The lowest BCUT2D eigenvalue weighted by Crippen LogP contribution is -2.22. The lowest BCUT2D eigenvalue weighted by atomic mass is 10.1. The maximum Gasteiger partial charge on any atom is 0.239 e. The number of rotatable bonds is 4. The van der Waals surface area contributed by atoms with Crippen LogP contribution in [0.15, 0.2) is 22.7 Å². The highest BCUT2D eigenvalue weighted by atomic mass is 79.9. The number of aryl methyl sites for hydroxylation is 1. The maximum absolute atomic E-state index is 11.5. The number of carbonyl (C=O) groups excluding carboxylic acids is 1. The lowest BCUT2D eigenvalue weighted by molar-refractivity contribution is -0.113. The summed E-state index contributed by atoms with van der Waals surface area (Å²) in [5.74, 6) is -1.00. The van der Waals surface area contributed by atoms with Crippen molar-refractivity contribution < 1.29 is 13.2 Å². The van der Waals surface area contributed by atoms with E-state index in [4.69, 9.17) is 0 Å². The Morgan fingerprint density at radius 3 is 2.59 bits per heavy atom. The molecule has 1 amide bonds. The van der Waals surface area contributed by atoms with Gasteiger partial charge in [0.2, 0.25) is 5.91 Å². The molecule has 4 nitrogen and oxygen atoms in total. The molecule has 1 N–H and O–H groups in total. The molecule has 1 rings (SSSR count). The first kappa shape index (κ1) is 14.2. The molecule has 0 saturated heterocycles. The zero-order chi connectivity index (χ0) is 13.1. The summed E-state index contributed by atoms with van der Waals surface area (Å²) in [6.45, 7) is 1.97. The van der Waals surface area contributed by atoms with E-state index in [9.17, 15) is 13.2 Å². The molecule has 0 aromatic heterocycles. The standard InChI is InChI=1S/C11H14BrNO3S/c1-3-8-6-9(12)4-5-10(8)13-11(14)7-17(2,15)16/h4-6H,3,7H2,1-2H3,(H,13,14). The predicted octanol–water partition coefficient (Wildman–Crippen LogP) is 1.99.